The van der Waals surface area contributed by atoms with E-state index < -0.39 is 0 Å². The molecule has 0 nitrogen and oxygen atoms in total. The average Bonchev–Trinajstić information content (AvgIpc) is 1.90. The Balaban J connectivity index is 3.93. The third kappa shape index (κ3) is 4.21. The first kappa shape index (κ1) is 9.30. The van der Waals surface area contributed by atoms with Gasteiger partial charge in [-0.3, -0.25) is 0 Å². The van der Waals surface area contributed by atoms with E-state index in [0.717, 1.165) is 12.8 Å². The number of hydrogen-bond donors (Lipinski definition) is 0. The Kier molecular flexibility index (Phi) is 5.97. The van der Waals surface area contributed by atoms with Gasteiger partial charge < -0.3 is 0 Å². The van der Waals surface area contributed by atoms with Crippen LogP contribution in [0, 0.1) is 11.8 Å². The lowest BCUT2D eigenvalue weighted by Crippen LogP contribution is -1.77. The highest BCUT2D eigenvalue weighted by molar-refractivity contribution is 5.27. The molecule has 56 valence electrons. The molecule has 0 aliphatic heterocycles. The molecule has 0 heterocycles. The van der Waals surface area contributed by atoms with Crippen molar-refractivity contribution in [1.82, 2.24) is 0 Å². The predicted octanol–water partition coefficient (Wildman–Crippen LogP) is 3.15. The molecule has 0 aromatic heterocycles. The zero-order chi connectivity index (χ0) is 7.82. The highest BCUT2D eigenvalue weighted by Crippen LogP contribution is 2.03. The quantitative estimate of drug-likeness (QED) is 0.523. The minimum absolute atomic E-state index is 1.10. The van der Waals surface area contributed by atoms with Gasteiger partial charge in [-0.15, -0.1) is 5.92 Å². The third-order valence-electron chi connectivity index (χ3n) is 1.26. The smallest absolute Gasteiger partial charge is 0.00199 e. The fourth-order valence-electron chi connectivity index (χ4n) is 0.892. The fourth-order valence-corrected chi connectivity index (χ4v) is 0.892. The second-order valence-electron chi connectivity index (χ2n) is 2.26. The molecule has 0 heteroatoms. The van der Waals surface area contributed by atoms with E-state index in [4.69, 9.17) is 0 Å². The maximum atomic E-state index is 3.10. The second-order valence-corrected chi connectivity index (χ2v) is 2.26. The largest absolute Gasteiger partial charge is 0.102 e. The Hall–Kier alpha value is -0.700. The van der Waals surface area contributed by atoms with Gasteiger partial charge in [0, 0.05) is 0 Å². The monoisotopic (exact) mass is 136 g/mol. The lowest BCUT2D eigenvalue weighted by molar-refractivity contribution is 0.924. The van der Waals surface area contributed by atoms with Crippen LogP contribution >= 0.6 is 0 Å². The van der Waals surface area contributed by atoms with Crippen LogP contribution in [0.5, 0.6) is 0 Å². The summed E-state index contributed by atoms with van der Waals surface area (Å²) < 4.78 is 0. The van der Waals surface area contributed by atoms with Crippen molar-refractivity contribution in [2.75, 3.05) is 0 Å². The molecule has 0 rings (SSSR count). The van der Waals surface area contributed by atoms with Crippen molar-refractivity contribution in [2.24, 2.45) is 0 Å². The van der Waals surface area contributed by atoms with Gasteiger partial charge in [0.1, 0.15) is 0 Å². The lowest BCUT2D eigenvalue weighted by Gasteiger charge is -1.93. The normalized spacial score (nSPS) is 10.5. The molecule has 0 aliphatic carbocycles. The minimum atomic E-state index is 1.10. The molecule has 0 aromatic rings. The van der Waals surface area contributed by atoms with Crippen LogP contribution < -0.4 is 0 Å². The molecule has 0 fully saturated rings. The Morgan fingerprint density at radius 3 is 2.50 bits per heavy atom. The van der Waals surface area contributed by atoms with Crippen LogP contribution in [0.25, 0.3) is 0 Å². The molecule has 0 atom stereocenters. The van der Waals surface area contributed by atoms with Crippen molar-refractivity contribution in [1.29, 1.82) is 0 Å². The maximum absolute atomic E-state index is 3.10. The van der Waals surface area contributed by atoms with Crippen molar-refractivity contribution >= 4 is 0 Å². The molecule has 0 aliphatic rings. The van der Waals surface area contributed by atoms with Crippen molar-refractivity contribution in [3.8, 4) is 11.8 Å². The minimum Gasteiger partial charge on any atom is -0.102 e. The molecule has 0 N–H and O–H groups in total. The van der Waals surface area contributed by atoms with E-state index in [0.29, 0.717) is 0 Å². The average molecular weight is 136 g/mol. The lowest BCUT2D eigenvalue weighted by atomic mass is 10.1. The summed E-state index contributed by atoms with van der Waals surface area (Å²) in [5.41, 5.74) is 1.30. The Morgan fingerprint density at radius 1 is 1.40 bits per heavy atom. The molecule has 0 aromatic carbocycles. The highest BCUT2D eigenvalue weighted by Gasteiger charge is 1.87. The van der Waals surface area contributed by atoms with E-state index in [1.807, 2.05) is 6.92 Å². The van der Waals surface area contributed by atoms with Crippen molar-refractivity contribution in [2.45, 2.75) is 40.0 Å². The first-order valence-corrected chi connectivity index (χ1v) is 3.96. The zero-order valence-electron chi connectivity index (χ0n) is 7.20. The molecular weight excluding hydrogens is 120 g/mol. The first-order valence-electron chi connectivity index (χ1n) is 3.96. The van der Waals surface area contributed by atoms with Crippen molar-refractivity contribution in [3.63, 3.8) is 0 Å². The molecule has 0 spiro atoms. The van der Waals surface area contributed by atoms with Crippen molar-refractivity contribution < 1.29 is 0 Å². The third-order valence-corrected chi connectivity index (χ3v) is 1.26. The number of rotatable bonds is 3. The van der Waals surface area contributed by atoms with Gasteiger partial charge in [-0.2, -0.15) is 0 Å². The summed E-state index contributed by atoms with van der Waals surface area (Å²) in [5, 5.41) is 0. The van der Waals surface area contributed by atoms with Gasteiger partial charge in [0.2, 0.25) is 0 Å². The molecule has 0 bridgehead atoms. The van der Waals surface area contributed by atoms with Gasteiger partial charge >= 0.3 is 0 Å². The van der Waals surface area contributed by atoms with Gasteiger partial charge in [0.25, 0.3) is 0 Å². The van der Waals surface area contributed by atoms with Crippen LogP contribution in [0.3, 0.4) is 0 Å². The molecule has 0 amide bonds. The summed E-state index contributed by atoms with van der Waals surface area (Å²) in [6.45, 7) is 6.22. The second kappa shape index (κ2) is 6.42. The van der Waals surface area contributed by atoms with Crippen molar-refractivity contribution in [3.05, 3.63) is 11.6 Å². The van der Waals surface area contributed by atoms with E-state index in [1.165, 1.54) is 12.0 Å². The standard InChI is InChI=1S/C10H16/c1-4-7-10(8-5-2)9-6-3/h7H,4-5,8H2,1-3H3/b10-7-. The fraction of sp³-hybridized carbons (Fsp3) is 0.600. The summed E-state index contributed by atoms with van der Waals surface area (Å²) >= 11 is 0. The van der Waals surface area contributed by atoms with Crippen LogP contribution in [0.1, 0.15) is 40.0 Å². The zero-order valence-corrected chi connectivity index (χ0v) is 7.20. The topological polar surface area (TPSA) is 0 Å². The summed E-state index contributed by atoms with van der Waals surface area (Å²) in [6, 6.07) is 0. The molecule has 0 radical (unpaired) electrons. The predicted molar refractivity (Wildman–Crippen MR) is 46.7 cm³/mol. The van der Waals surface area contributed by atoms with Gasteiger partial charge in [0.05, 0.1) is 0 Å². The Labute approximate surface area is 64.3 Å². The molecule has 10 heavy (non-hydrogen) atoms. The van der Waals surface area contributed by atoms with E-state index in [-0.39, 0.29) is 0 Å². The van der Waals surface area contributed by atoms with Crippen LogP contribution in [0.4, 0.5) is 0 Å². The summed E-state index contributed by atoms with van der Waals surface area (Å²) in [6.07, 6.45) is 5.64. The van der Waals surface area contributed by atoms with E-state index >= 15 is 0 Å². The SMILES string of the molecule is CC#C/C(=C\CC)CCC. The van der Waals surface area contributed by atoms with Crippen LogP contribution in [-0.4, -0.2) is 0 Å². The highest BCUT2D eigenvalue weighted by atomic mass is 13.9. The molecule has 0 unspecified atom stereocenters. The van der Waals surface area contributed by atoms with Crippen LogP contribution in [0.15, 0.2) is 11.6 Å². The summed E-state index contributed by atoms with van der Waals surface area (Å²) in [5.74, 6) is 6.01. The van der Waals surface area contributed by atoms with E-state index in [1.54, 1.807) is 0 Å². The summed E-state index contributed by atoms with van der Waals surface area (Å²) in [4.78, 5) is 0. The van der Waals surface area contributed by atoms with E-state index in [9.17, 15) is 0 Å². The van der Waals surface area contributed by atoms with Crippen LogP contribution in [0.2, 0.25) is 0 Å². The van der Waals surface area contributed by atoms with Gasteiger partial charge in [0.15, 0.2) is 0 Å². The maximum Gasteiger partial charge on any atom is -0.00199 e. The molecule has 0 saturated carbocycles. The summed E-state index contributed by atoms with van der Waals surface area (Å²) in [7, 11) is 0. The Bertz CT molecular complexity index is 153. The number of allylic oxidation sites excluding steroid dienone is 2. The van der Waals surface area contributed by atoms with Gasteiger partial charge in [-0.05, 0) is 25.3 Å². The Morgan fingerprint density at radius 2 is 2.10 bits per heavy atom. The van der Waals surface area contributed by atoms with E-state index in [2.05, 4.69) is 31.8 Å². The van der Waals surface area contributed by atoms with Gasteiger partial charge in [-0.1, -0.05) is 32.3 Å². The molecular formula is C10H16. The number of hydrogen-bond acceptors (Lipinski definition) is 0. The molecule has 0 saturated heterocycles. The first-order chi connectivity index (χ1) is 4.85. The van der Waals surface area contributed by atoms with Gasteiger partial charge in [-0.25, -0.2) is 0 Å². The van der Waals surface area contributed by atoms with Crippen LogP contribution in [-0.2, 0) is 0 Å².